The van der Waals surface area contributed by atoms with Gasteiger partial charge in [0.05, 0.1) is 36.4 Å². The number of likely N-dealkylation sites (tertiary alicyclic amines) is 1. The Morgan fingerprint density at radius 2 is 1.89 bits per heavy atom. The summed E-state index contributed by atoms with van der Waals surface area (Å²) in [5.41, 5.74) is -1.77. The predicted molar refractivity (Wildman–Crippen MR) is 176 cm³/mol. The van der Waals surface area contributed by atoms with Gasteiger partial charge in [0.1, 0.15) is 6.10 Å². The lowest BCUT2D eigenvalue weighted by Crippen LogP contribution is -2.49. The molecule has 1 amide bonds. The molecule has 3 rings (SSSR count). The molecular weight excluding hydrogens is 606 g/mol. The molecule has 0 aromatic rings. The van der Waals surface area contributed by atoms with Gasteiger partial charge >= 0.3 is 18.0 Å². The normalized spacial score (nSPS) is 34.2. The molecule has 10 atom stereocenters. The molecule has 0 bridgehead atoms. The van der Waals surface area contributed by atoms with E-state index in [1.807, 2.05) is 27.7 Å². The second-order valence-corrected chi connectivity index (χ2v) is 14.1. The van der Waals surface area contributed by atoms with Crippen LogP contribution < -0.4 is 0 Å². The number of piperidine rings is 1. The van der Waals surface area contributed by atoms with E-state index in [0.717, 1.165) is 19.3 Å². The molecule has 0 aromatic carbocycles. The van der Waals surface area contributed by atoms with Crippen molar-refractivity contribution in [2.24, 2.45) is 11.8 Å². The minimum absolute atomic E-state index is 0.0178. The van der Waals surface area contributed by atoms with Gasteiger partial charge < -0.3 is 39.2 Å². The highest BCUT2D eigenvalue weighted by atomic mass is 16.6. The molecule has 11 heteroatoms. The van der Waals surface area contributed by atoms with E-state index in [2.05, 4.69) is 0 Å². The minimum atomic E-state index is -1.30. The van der Waals surface area contributed by atoms with E-state index in [0.29, 0.717) is 31.5 Å². The summed E-state index contributed by atoms with van der Waals surface area (Å²) in [5.74, 6) is -1.53. The zero-order valence-corrected chi connectivity index (χ0v) is 29.2. The zero-order valence-electron chi connectivity index (χ0n) is 29.2. The quantitative estimate of drug-likeness (QED) is 0.0979. The number of aliphatic hydroxyl groups excluding tert-OH is 2. The molecule has 2 fully saturated rings. The third-order valence-corrected chi connectivity index (χ3v) is 9.57. The lowest BCUT2D eigenvalue weighted by atomic mass is 9.88. The smallest absolute Gasteiger partial charge is 0.410 e. The fourth-order valence-electron chi connectivity index (χ4n) is 6.42. The van der Waals surface area contributed by atoms with Gasteiger partial charge in [-0.1, -0.05) is 45.1 Å². The number of allylic oxidation sites excluding steroid dienone is 2. The Bertz CT molecular complexity index is 1160. The van der Waals surface area contributed by atoms with Gasteiger partial charge in [0.2, 0.25) is 0 Å². The van der Waals surface area contributed by atoms with Gasteiger partial charge in [-0.15, -0.1) is 0 Å². The average molecular weight is 664 g/mol. The Labute approximate surface area is 280 Å². The van der Waals surface area contributed by atoms with E-state index in [1.54, 1.807) is 49.1 Å². The molecule has 3 N–H and O–H groups in total. The summed E-state index contributed by atoms with van der Waals surface area (Å²) in [6, 6.07) is 0. The number of epoxide rings is 1. The van der Waals surface area contributed by atoms with E-state index in [9.17, 15) is 29.7 Å². The predicted octanol–water partition coefficient (Wildman–Crippen LogP) is 4.77. The van der Waals surface area contributed by atoms with Crippen LogP contribution in [0.4, 0.5) is 4.79 Å². The van der Waals surface area contributed by atoms with Crippen LogP contribution in [-0.2, 0) is 28.5 Å². The van der Waals surface area contributed by atoms with Gasteiger partial charge in [-0.05, 0) is 70.9 Å². The van der Waals surface area contributed by atoms with Crippen molar-refractivity contribution in [1.29, 1.82) is 0 Å². The van der Waals surface area contributed by atoms with E-state index < -0.39 is 59.6 Å². The molecule has 3 aliphatic heterocycles. The van der Waals surface area contributed by atoms with Gasteiger partial charge in [0.25, 0.3) is 0 Å². The molecule has 3 aliphatic rings. The third kappa shape index (κ3) is 11.7. The second kappa shape index (κ2) is 17.1. The average Bonchev–Trinajstić information content (AvgIpc) is 3.77. The molecule has 47 heavy (non-hydrogen) atoms. The van der Waals surface area contributed by atoms with E-state index in [1.165, 1.54) is 6.92 Å². The number of hydrogen-bond acceptors (Lipinski definition) is 10. The highest BCUT2D eigenvalue weighted by Crippen LogP contribution is 2.38. The molecule has 0 aromatic heterocycles. The van der Waals surface area contributed by atoms with Crippen molar-refractivity contribution in [1.82, 2.24) is 4.90 Å². The van der Waals surface area contributed by atoms with Gasteiger partial charge in [0, 0.05) is 38.3 Å². The topological polar surface area (TPSA) is 155 Å². The Balaban J connectivity index is 1.80. The highest BCUT2D eigenvalue weighted by molar-refractivity contribution is 5.71. The first-order valence-corrected chi connectivity index (χ1v) is 17.2. The Kier molecular flexibility index (Phi) is 14.1. The fraction of sp³-hybridized carbons (Fsp3) is 0.750. The van der Waals surface area contributed by atoms with Crippen LogP contribution in [0.25, 0.3) is 0 Å². The number of carbonyl (C=O) groups is 3. The molecule has 0 saturated carbocycles. The Morgan fingerprint density at radius 1 is 1.21 bits per heavy atom. The van der Waals surface area contributed by atoms with Crippen molar-refractivity contribution < 1.29 is 48.7 Å². The standard InChI is InChI=1S/C36H57NO10/c1-8-28(40)25(4)33-29(45-33)22-35(6,43)17-12-13-23(2)32-24(3)14-15-30(44-26(5)38)36(7,18-16-27(39)21-31(41)46-32)47-34(42)37-19-10-9-11-20-37/h12-15,17,24-25,27-30,32-33,39-40,43H,8-11,16,18-22H2,1-7H3/b15-14+,17-12+,23-13+/t24-,25+,27+,28-,29+,30-,32+,33+,35-,36+/m0/s1. The monoisotopic (exact) mass is 663 g/mol. The maximum Gasteiger partial charge on any atom is 0.410 e. The lowest BCUT2D eigenvalue weighted by Gasteiger charge is -2.38. The first-order chi connectivity index (χ1) is 22.0. The van der Waals surface area contributed by atoms with Crippen molar-refractivity contribution in [2.75, 3.05) is 13.1 Å². The minimum Gasteiger partial charge on any atom is -0.457 e. The molecule has 0 spiro atoms. The molecule has 0 unspecified atom stereocenters. The fourth-order valence-corrected chi connectivity index (χ4v) is 6.42. The van der Waals surface area contributed by atoms with Gasteiger partial charge in [-0.25, -0.2) is 4.79 Å². The van der Waals surface area contributed by atoms with Crippen LogP contribution in [0.3, 0.4) is 0 Å². The zero-order chi connectivity index (χ0) is 34.9. The first-order valence-electron chi connectivity index (χ1n) is 17.2. The number of ether oxygens (including phenoxy) is 4. The number of nitrogens with zero attached hydrogens (tertiary/aromatic N) is 1. The molecule has 266 valence electrons. The van der Waals surface area contributed by atoms with Gasteiger partial charge in [0.15, 0.2) is 11.7 Å². The van der Waals surface area contributed by atoms with Crippen LogP contribution in [-0.4, -0.2) is 99.2 Å². The Morgan fingerprint density at radius 3 is 2.53 bits per heavy atom. The van der Waals surface area contributed by atoms with Crippen LogP contribution in [0.15, 0.2) is 36.0 Å². The van der Waals surface area contributed by atoms with Crippen molar-refractivity contribution in [3.8, 4) is 0 Å². The van der Waals surface area contributed by atoms with Crippen molar-refractivity contribution in [3.05, 3.63) is 36.0 Å². The number of esters is 2. The van der Waals surface area contributed by atoms with Crippen molar-refractivity contribution in [2.45, 2.75) is 148 Å². The van der Waals surface area contributed by atoms with E-state index in [-0.39, 0.29) is 37.4 Å². The van der Waals surface area contributed by atoms with Crippen LogP contribution in [0.5, 0.6) is 0 Å². The van der Waals surface area contributed by atoms with Gasteiger partial charge in [-0.3, -0.25) is 9.59 Å². The third-order valence-electron chi connectivity index (χ3n) is 9.57. The van der Waals surface area contributed by atoms with Crippen LogP contribution in [0, 0.1) is 11.8 Å². The molecule has 11 nitrogen and oxygen atoms in total. The van der Waals surface area contributed by atoms with Crippen LogP contribution in [0.1, 0.15) is 99.8 Å². The Hall–Kier alpha value is -2.73. The number of carbonyl (C=O) groups excluding carboxylic acids is 3. The number of cyclic esters (lactones) is 1. The van der Waals surface area contributed by atoms with Gasteiger partial charge in [-0.2, -0.15) is 0 Å². The summed E-state index contributed by atoms with van der Waals surface area (Å²) in [7, 11) is 0. The highest BCUT2D eigenvalue weighted by Gasteiger charge is 2.47. The maximum atomic E-state index is 13.2. The van der Waals surface area contributed by atoms with Crippen LogP contribution >= 0.6 is 0 Å². The van der Waals surface area contributed by atoms with Crippen molar-refractivity contribution >= 4 is 18.0 Å². The number of aliphatic hydroxyl groups is 3. The molecule has 0 radical (unpaired) electrons. The molecular formula is C36H57NO10. The van der Waals surface area contributed by atoms with E-state index in [4.69, 9.17) is 18.9 Å². The maximum absolute atomic E-state index is 13.2. The first kappa shape index (κ1) is 38.7. The number of rotatable bonds is 10. The summed E-state index contributed by atoms with van der Waals surface area (Å²) in [5, 5.41) is 31.9. The summed E-state index contributed by atoms with van der Waals surface area (Å²) in [6.45, 7) is 13.4. The van der Waals surface area contributed by atoms with Crippen molar-refractivity contribution in [3.63, 3.8) is 0 Å². The summed E-state index contributed by atoms with van der Waals surface area (Å²) in [4.78, 5) is 40.0. The largest absolute Gasteiger partial charge is 0.457 e. The molecule has 0 aliphatic carbocycles. The number of amides is 1. The molecule has 2 saturated heterocycles. The lowest BCUT2D eigenvalue weighted by molar-refractivity contribution is -0.158. The summed E-state index contributed by atoms with van der Waals surface area (Å²) < 4.78 is 23.3. The SMILES string of the molecule is CC[C@H](O)[C@@H](C)[C@H]1O[C@@H]1C[C@@](C)(O)/C=C/C=C(\C)[C@H]1OC(=O)C[C@H](O)CC[C@@](C)(OC(=O)N2CCCCC2)[C@@H](OC(C)=O)/C=C/[C@@H]1C. The summed E-state index contributed by atoms with van der Waals surface area (Å²) in [6.07, 6.45) is 8.49. The second-order valence-electron chi connectivity index (χ2n) is 14.1. The van der Waals surface area contributed by atoms with Crippen LogP contribution in [0.2, 0.25) is 0 Å². The molecule has 3 heterocycles. The number of hydrogen-bond donors (Lipinski definition) is 3. The summed E-state index contributed by atoms with van der Waals surface area (Å²) >= 11 is 0. The van der Waals surface area contributed by atoms with E-state index >= 15 is 0 Å².